The highest BCUT2D eigenvalue weighted by molar-refractivity contribution is 6.04. The summed E-state index contributed by atoms with van der Waals surface area (Å²) >= 11 is 0. The van der Waals surface area contributed by atoms with Crippen LogP contribution in [-0.2, 0) is 16.1 Å². The lowest BCUT2D eigenvalue weighted by molar-refractivity contribution is -0.111. The second kappa shape index (κ2) is 8.25. The molecule has 0 aliphatic heterocycles. The lowest BCUT2D eigenvalue weighted by Gasteiger charge is -2.04. The Morgan fingerprint density at radius 3 is 2.70 bits per heavy atom. The quantitative estimate of drug-likeness (QED) is 0.655. The molecule has 0 aromatic heterocycles. The predicted molar refractivity (Wildman–Crippen MR) is 87.8 cm³/mol. The predicted octanol–water partition coefficient (Wildman–Crippen LogP) is 1.93. The number of amides is 2. The van der Waals surface area contributed by atoms with E-state index in [0.29, 0.717) is 18.6 Å². The lowest BCUT2D eigenvalue weighted by Crippen LogP contribution is -2.11. The van der Waals surface area contributed by atoms with E-state index in [1.165, 1.54) is 0 Å². The number of carbonyl (C=O) groups excluding carboxylic acids is 2. The zero-order valence-corrected chi connectivity index (χ0v) is 12.6. The molecule has 0 saturated carbocycles. The zero-order chi connectivity index (χ0) is 16.5. The molecule has 2 aromatic rings. The van der Waals surface area contributed by atoms with Gasteiger partial charge in [0.15, 0.2) is 0 Å². The number of nitrogens with one attached hydrogen (secondary N) is 2. The van der Waals surface area contributed by atoms with Gasteiger partial charge in [0.1, 0.15) is 5.75 Å². The van der Waals surface area contributed by atoms with E-state index in [1.54, 1.807) is 49.6 Å². The standard InChI is InChI=1S/C18H16N2O3/c1-23-17-8-5-14(6-9-17)7-10-18(22)20-16-4-2-3-15(11-16)12-19-13-21/h2-6,8-9,11,13H,12H2,1H3,(H,19,21)(H,20,22). The minimum absolute atomic E-state index is 0.402. The van der Waals surface area contributed by atoms with E-state index >= 15 is 0 Å². The Bertz CT molecular complexity index is 743. The van der Waals surface area contributed by atoms with Crippen molar-refractivity contribution < 1.29 is 14.3 Å². The molecule has 2 rings (SSSR count). The largest absolute Gasteiger partial charge is 0.497 e. The number of hydrogen-bond acceptors (Lipinski definition) is 3. The first-order valence-electron chi connectivity index (χ1n) is 6.94. The summed E-state index contributed by atoms with van der Waals surface area (Å²) < 4.78 is 5.06. The van der Waals surface area contributed by atoms with Crippen molar-refractivity contribution in [2.45, 2.75) is 6.54 Å². The number of ether oxygens (including phenoxy) is 1. The van der Waals surface area contributed by atoms with Crippen LogP contribution in [0.5, 0.6) is 5.75 Å². The van der Waals surface area contributed by atoms with E-state index in [9.17, 15) is 9.59 Å². The van der Waals surface area contributed by atoms with Crippen LogP contribution in [0.2, 0.25) is 0 Å². The molecule has 0 saturated heterocycles. The number of benzene rings is 2. The van der Waals surface area contributed by atoms with Crippen molar-refractivity contribution >= 4 is 18.0 Å². The van der Waals surface area contributed by atoms with Crippen molar-refractivity contribution in [2.75, 3.05) is 12.4 Å². The topological polar surface area (TPSA) is 67.4 Å². The Kier molecular flexibility index (Phi) is 5.78. The van der Waals surface area contributed by atoms with Crippen LogP contribution < -0.4 is 15.4 Å². The second-order valence-corrected chi connectivity index (χ2v) is 4.63. The first kappa shape index (κ1) is 16.1. The Labute approximate surface area is 134 Å². The van der Waals surface area contributed by atoms with Crippen molar-refractivity contribution in [1.82, 2.24) is 5.32 Å². The molecule has 0 bridgehead atoms. The van der Waals surface area contributed by atoms with E-state index < -0.39 is 5.91 Å². The molecule has 116 valence electrons. The van der Waals surface area contributed by atoms with Crippen molar-refractivity contribution in [1.29, 1.82) is 0 Å². The zero-order valence-electron chi connectivity index (χ0n) is 12.6. The summed E-state index contributed by atoms with van der Waals surface area (Å²) in [6.07, 6.45) is 0.631. The molecule has 0 spiro atoms. The van der Waals surface area contributed by atoms with Gasteiger partial charge >= 0.3 is 5.91 Å². The van der Waals surface area contributed by atoms with Crippen LogP contribution in [0.3, 0.4) is 0 Å². The van der Waals surface area contributed by atoms with E-state index in [-0.39, 0.29) is 0 Å². The van der Waals surface area contributed by atoms with Crippen LogP contribution in [-0.4, -0.2) is 19.4 Å². The van der Waals surface area contributed by atoms with Crippen molar-refractivity contribution in [2.24, 2.45) is 0 Å². The maximum atomic E-state index is 11.9. The lowest BCUT2D eigenvalue weighted by atomic mass is 10.2. The molecule has 2 amide bonds. The van der Waals surface area contributed by atoms with E-state index in [2.05, 4.69) is 22.5 Å². The summed E-state index contributed by atoms with van der Waals surface area (Å²) in [5.74, 6) is 5.66. The minimum atomic E-state index is -0.402. The van der Waals surface area contributed by atoms with Gasteiger partial charge in [0.05, 0.1) is 7.11 Å². The summed E-state index contributed by atoms with van der Waals surface area (Å²) in [6.45, 7) is 0.407. The van der Waals surface area contributed by atoms with Gasteiger partial charge in [-0.2, -0.15) is 0 Å². The third kappa shape index (κ3) is 5.21. The molecule has 0 fully saturated rings. The molecule has 23 heavy (non-hydrogen) atoms. The number of methoxy groups -OCH3 is 1. The smallest absolute Gasteiger partial charge is 0.300 e. The highest BCUT2D eigenvalue weighted by Crippen LogP contribution is 2.11. The fourth-order valence-electron chi connectivity index (χ4n) is 1.88. The highest BCUT2D eigenvalue weighted by atomic mass is 16.5. The third-order valence-electron chi connectivity index (χ3n) is 2.98. The van der Waals surface area contributed by atoms with E-state index in [0.717, 1.165) is 16.9 Å². The van der Waals surface area contributed by atoms with Crippen molar-refractivity contribution in [3.05, 3.63) is 59.7 Å². The molecule has 0 unspecified atom stereocenters. The van der Waals surface area contributed by atoms with Crippen LogP contribution in [0.15, 0.2) is 48.5 Å². The van der Waals surface area contributed by atoms with Gasteiger partial charge in [-0.25, -0.2) is 0 Å². The molecule has 0 aliphatic carbocycles. The fourth-order valence-corrected chi connectivity index (χ4v) is 1.88. The van der Waals surface area contributed by atoms with Gasteiger partial charge in [-0.15, -0.1) is 0 Å². The Hall–Kier alpha value is -3.26. The van der Waals surface area contributed by atoms with E-state index in [4.69, 9.17) is 4.74 Å². The van der Waals surface area contributed by atoms with Gasteiger partial charge < -0.3 is 15.4 Å². The maximum Gasteiger partial charge on any atom is 0.300 e. The molecule has 2 aromatic carbocycles. The van der Waals surface area contributed by atoms with Gasteiger partial charge in [0, 0.05) is 23.7 Å². The molecule has 0 atom stereocenters. The number of anilines is 1. The maximum absolute atomic E-state index is 11.9. The van der Waals surface area contributed by atoms with Crippen LogP contribution in [0.25, 0.3) is 0 Å². The number of hydrogen-bond donors (Lipinski definition) is 2. The number of rotatable bonds is 5. The molecule has 5 nitrogen and oxygen atoms in total. The van der Waals surface area contributed by atoms with Gasteiger partial charge in [-0.05, 0) is 42.0 Å². The second-order valence-electron chi connectivity index (χ2n) is 4.63. The molecular weight excluding hydrogens is 292 g/mol. The van der Waals surface area contributed by atoms with Gasteiger partial charge in [-0.3, -0.25) is 9.59 Å². The van der Waals surface area contributed by atoms with Crippen LogP contribution in [0.4, 0.5) is 5.69 Å². The van der Waals surface area contributed by atoms with Gasteiger partial charge in [0.25, 0.3) is 0 Å². The first-order valence-corrected chi connectivity index (χ1v) is 6.94. The highest BCUT2D eigenvalue weighted by Gasteiger charge is 2.00. The van der Waals surface area contributed by atoms with Crippen molar-refractivity contribution in [3.8, 4) is 17.6 Å². The summed E-state index contributed by atoms with van der Waals surface area (Å²) in [5, 5.41) is 5.27. The molecular formula is C18H16N2O3. The Morgan fingerprint density at radius 2 is 2.00 bits per heavy atom. The van der Waals surface area contributed by atoms with Gasteiger partial charge in [-0.1, -0.05) is 18.1 Å². The minimum Gasteiger partial charge on any atom is -0.497 e. The molecule has 2 N–H and O–H groups in total. The Balaban J connectivity index is 1.99. The monoisotopic (exact) mass is 308 g/mol. The fraction of sp³-hybridized carbons (Fsp3) is 0.111. The van der Waals surface area contributed by atoms with Crippen molar-refractivity contribution in [3.63, 3.8) is 0 Å². The van der Waals surface area contributed by atoms with Crippen LogP contribution in [0.1, 0.15) is 11.1 Å². The normalized spacial score (nSPS) is 9.26. The summed E-state index contributed by atoms with van der Waals surface area (Å²) in [7, 11) is 1.59. The molecule has 0 radical (unpaired) electrons. The van der Waals surface area contributed by atoms with Crippen LogP contribution >= 0.6 is 0 Å². The molecule has 0 heterocycles. The summed E-state index contributed by atoms with van der Waals surface area (Å²) in [5.41, 5.74) is 2.24. The number of carbonyl (C=O) groups is 2. The SMILES string of the molecule is COc1ccc(C#CC(=O)Nc2cccc(CNC=O)c2)cc1. The summed E-state index contributed by atoms with van der Waals surface area (Å²) in [4.78, 5) is 22.1. The van der Waals surface area contributed by atoms with Crippen LogP contribution in [0, 0.1) is 11.8 Å². The van der Waals surface area contributed by atoms with E-state index in [1.807, 2.05) is 6.07 Å². The Morgan fingerprint density at radius 1 is 1.22 bits per heavy atom. The first-order chi connectivity index (χ1) is 11.2. The molecule has 0 aliphatic rings. The average molecular weight is 308 g/mol. The van der Waals surface area contributed by atoms with Gasteiger partial charge in [0.2, 0.25) is 6.41 Å². The summed E-state index contributed by atoms with van der Waals surface area (Å²) in [6, 6.07) is 14.3. The molecule has 5 heteroatoms. The average Bonchev–Trinajstić information content (AvgIpc) is 2.59. The third-order valence-corrected chi connectivity index (χ3v) is 2.98.